The Morgan fingerprint density at radius 1 is 1.07 bits per heavy atom. The molecule has 0 saturated heterocycles. The van der Waals surface area contributed by atoms with Gasteiger partial charge in [0.05, 0.1) is 0 Å². The van der Waals surface area contributed by atoms with Crippen LogP contribution in [0.1, 0.15) is 52.9 Å². The van der Waals surface area contributed by atoms with Crippen molar-refractivity contribution < 1.29 is 0 Å². The summed E-state index contributed by atoms with van der Waals surface area (Å²) in [7, 11) is 0. The van der Waals surface area contributed by atoms with Crippen LogP contribution >= 0.6 is 0 Å². The molecule has 1 nitrogen and oxygen atoms in total. The summed E-state index contributed by atoms with van der Waals surface area (Å²) >= 11 is 0. The van der Waals surface area contributed by atoms with E-state index in [0.29, 0.717) is 5.41 Å². The van der Waals surface area contributed by atoms with Crippen molar-refractivity contribution in [3.63, 3.8) is 0 Å². The first-order valence-corrected chi connectivity index (χ1v) is 5.41. The molecule has 2 N–H and O–H groups in total. The molecule has 0 rings (SSSR count). The van der Waals surface area contributed by atoms with Crippen molar-refractivity contribution in [1.82, 2.24) is 0 Å². The number of hydrogen-bond acceptors (Lipinski definition) is 1. The molecule has 0 fully saturated rings. The van der Waals surface area contributed by atoms with Crippen LogP contribution in [0.4, 0.5) is 0 Å². The standard InChI is InChI=1S/C13H25N/c1-11(10-13(3,4)5)8-6-7-9-12(2)14/h1-2,6-10,14H2,3-5H3. The molecule has 0 atom stereocenters. The Bertz CT molecular complexity index is 196. The molecular formula is C13H25N. The first-order valence-electron chi connectivity index (χ1n) is 5.41. The molecule has 0 bridgehead atoms. The zero-order valence-corrected chi connectivity index (χ0v) is 10.0. The highest BCUT2D eigenvalue weighted by atomic mass is 14.5. The first kappa shape index (κ1) is 13.3. The second kappa shape index (κ2) is 5.90. The van der Waals surface area contributed by atoms with Gasteiger partial charge in [-0.3, -0.25) is 0 Å². The molecular weight excluding hydrogens is 170 g/mol. The van der Waals surface area contributed by atoms with Gasteiger partial charge in [0.1, 0.15) is 0 Å². The molecule has 0 aromatic rings. The largest absolute Gasteiger partial charge is 0.403 e. The van der Waals surface area contributed by atoms with Gasteiger partial charge in [0, 0.05) is 5.70 Å². The molecule has 0 aromatic carbocycles. The minimum absolute atomic E-state index is 0.370. The van der Waals surface area contributed by atoms with Crippen LogP contribution in [0, 0.1) is 5.41 Å². The molecule has 0 heterocycles. The van der Waals surface area contributed by atoms with E-state index in [4.69, 9.17) is 5.73 Å². The van der Waals surface area contributed by atoms with Crippen LogP contribution in [-0.2, 0) is 0 Å². The molecule has 0 aromatic heterocycles. The molecule has 82 valence electrons. The van der Waals surface area contributed by atoms with E-state index >= 15 is 0 Å². The molecule has 0 amide bonds. The van der Waals surface area contributed by atoms with E-state index in [1.54, 1.807) is 0 Å². The minimum atomic E-state index is 0.370. The van der Waals surface area contributed by atoms with Gasteiger partial charge in [-0.1, -0.05) is 39.5 Å². The van der Waals surface area contributed by atoms with Gasteiger partial charge in [0.2, 0.25) is 0 Å². The molecule has 1 heteroatoms. The molecule has 0 aliphatic rings. The van der Waals surface area contributed by atoms with Gasteiger partial charge < -0.3 is 5.73 Å². The summed E-state index contributed by atoms with van der Waals surface area (Å²) in [6, 6.07) is 0. The van der Waals surface area contributed by atoms with Gasteiger partial charge in [0.25, 0.3) is 0 Å². The first-order chi connectivity index (χ1) is 6.31. The predicted octanol–water partition coefficient (Wildman–Crippen LogP) is 4.01. The fraction of sp³-hybridized carbons (Fsp3) is 0.692. The smallest absolute Gasteiger partial charge is 0.000744 e. The lowest BCUT2D eigenvalue weighted by Gasteiger charge is -2.19. The van der Waals surface area contributed by atoms with Crippen LogP contribution < -0.4 is 5.73 Å². The molecule has 0 aliphatic carbocycles. The van der Waals surface area contributed by atoms with Gasteiger partial charge >= 0.3 is 0 Å². The fourth-order valence-corrected chi connectivity index (χ4v) is 1.57. The molecule has 0 aliphatic heterocycles. The van der Waals surface area contributed by atoms with Crippen molar-refractivity contribution in [2.45, 2.75) is 52.9 Å². The summed E-state index contributed by atoms with van der Waals surface area (Å²) in [6.07, 6.45) is 5.52. The van der Waals surface area contributed by atoms with Crippen LogP contribution in [0.3, 0.4) is 0 Å². The summed E-state index contributed by atoms with van der Waals surface area (Å²) in [4.78, 5) is 0. The maximum Gasteiger partial charge on any atom is 0.000744 e. The van der Waals surface area contributed by atoms with Crippen LogP contribution in [0.25, 0.3) is 0 Å². The molecule has 0 unspecified atom stereocenters. The van der Waals surface area contributed by atoms with Crippen molar-refractivity contribution >= 4 is 0 Å². The van der Waals surface area contributed by atoms with E-state index in [-0.39, 0.29) is 0 Å². The zero-order valence-electron chi connectivity index (χ0n) is 10.0. The Kier molecular flexibility index (Phi) is 5.59. The van der Waals surface area contributed by atoms with Crippen molar-refractivity contribution in [2.75, 3.05) is 0 Å². The van der Waals surface area contributed by atoms with Gasteiger partial charge in [-0.2, -0.15) is 0 Å². The highest BCUT2D eigenvalue weighted by molar-refractivity contribution is 4.97. The van der Waals surface area contributed by atoms with Gasteiger partial charge in [-0.25, -0.2) is 0 Å². The molecule has 0 saturated carbocycles. The van der Waals surface area contributed by atoms with Crippen molar-refractivity contribution in [3.05, 3.63) is 24.4 Å². The van der Waals surface area contributed by atoms with E-state index in [2.05, 4.69) is 33.9 Å². The Labute approximate surface area is 89.1 Å². The van der Waals surface area contributed by atoms with E-state index in [0.717, 1.165) is 31.4 Å². The Balaban J connectivity index is 3.50. The summed E-state index contributed by atoms with van der Waals surface area (Å²) in [5.74, 6) is 0. The van der Waals surface area contributed by atoms with Gasteiger partial charge in [-0.05, 0) is 37.5 Å². The third-order valence-corrected chi connectivity index (χ3v) is 2.06. The van der Waals surface area contributed by atoms with E-state index in [9.17, 15) is 0 Å². The summed E-state index contributed by atoms with van der Waals surface area (Å²) in [5, 5.41) is 0. The maximum absolute atomic E-state index is 5.49. The van der Waals surface area contributed by atoms with Gasteiger partial charge in [-0.15, -0.1) is 0 Å². The number of rotatable bonds is 6. The SMILES string of the molecule is C=C(N)CCCCC(=C)CC(C)(C)C. The number of allylic oxidation sites excluding steroid dienone is 2. The zero-order chi connectivity index (χ0) is 11.2. The van der Waals surface area contributed by atoms with Gasteiger partial charge in [0.15, 0.2) is 0 Å². The highest BCUT2D eigenvalue weighted by Gasteiger charge is 2.11. The summed E-state index contributed by atoms with van der Waals surface area (Å²) < 4.78 is 0. The number of hydrogen-bond donors (Lipinski definition) is 1. The van der Waals surface area contributed by atoms with Crippen molar-refractivity contribution in [2.24, 2.45) is 11.1 Å². The lowest BCUT2D eigenvalue weighted by molar-refractivity contribution is 0.403. The van der Waals surface area contributed by atoms with Crippen LogP contribution in [-0.4, -0.2) is 0 Å². The molecule has 0 spiro atoms. The molecule has 14 heavy (non-hydrogen) atoms. The number of nitrogens with two attached hydrogens (primary N) is 1. The normalized spacial score (nSPS) is 11.4. The summed E-state index contributed by atoms with van der Waals surface area (Å²) in [6.45, 7) is 14.5. The predicted molar refractivity (Wildman–Crippen MR) is 65.0 cm³/mol. The number of unbranched alkanes of at least 4 members (excludes halogenated alkanes) is 1. The van der Waals surface area contributed by atoms with Crippen molar-refractivity contribution in [1.29, 1.82) is 0 Å². The second-order valence-electron chi connectivity index (χ2n) is 5.35. The van der Waals surface area contributed by atoms with E-state index < -0.39 is 0 Å². The average Bonchev–Trinajstić information content (AvgIpc) is 1.94. The monoisotopic (exact) mass is 195 g/mol. The third-order valence-electron chi connectivity index (χ3n) is 2.06. The highest BCUT2D eigenvalue weighted by Crippen LogP contribution is 2.25. The Hall–Kier alpha value is -0.720. The Morgan fingerprint density at radius 2 is 1.57 bits per heavy atom. The maximum atomic E-state index is 5.49. The van der Waals surface area contributed by atoms with E-state index in [1.165, 1.54) is 12.0 Å². The topological polar surface area (TPSA) is 26.0 Å². The average molecular weight is 195 g/mol. The minimum Gasteiger partial charge on any atom is -0.403 e. The summed E-state index contributed by atoms with van der Waals surface area (Å²) in [5.41, 5.74) is 8.02. The lowest BCUT2D eigenvalue weighted by atomic mass is 9.87. The van der Waals surface area contributed by atoms with E-state index in [1.807, 2.05) is 0 Å². The van der Waals surface area contributed by atoms with Crippen molar-refractivity contribution in [3.8, 4) is 0 Å². The van der Waals surface area contributed by atoms with Crippen LogP contribution in [0.5, 0.6) is 0 Å². The van der Waals surface area contributed by atoms with Crippen LogP contribution in [0.2, 0.25) is 0 Å². The second-order valence-corrected chi connectivity index (χ2v) is 5.35. The molecule has 0 radical (unpaired) electrons. The fourth-order valence-electron chi connectivity index (χ4n) is 1.57. The quantitative estimate of drug-likeness (QED) is 0.503. The Morgan fingerprint density at radius 3 is 2.00 bits per heavy atom. The van der Waals surface area contributed by atoms with Crippen LogP contribution in [0.15, 0.2) is 24.4 Å². The lowest BCUT2D eigenvalue weighted by Crippen LogP contribution is -2.05. The third kappa shape index (κ3) is 9.37.